The van der Waals surface area contributed by atoms with Crippen LogP contribution >= 0.6 is 11.8 Å². The lowest BCUT2D eigenvalue weighted by atomic mass is 10.1. The number of nitrogens with zero attached hydrogens (tertiary/aromatic N) is 1. The monoisotopic (exact) mass is 203 g/mol. The van der Waals surface area contributed by atoms with Crippen molar-refractivity contribution in [3.05, 3.63) is 35.5 Å². The zero-order valence-electron chi connectivity index (χ0n) is 8.66. The number of hydrogen-bond donors (Lipinski definition) is 0. The van der Waals surface area contributed by atoms with Gasteiger partial charge in [0.1, 0.15) is 0 Å². The second kappa shape index (κ2) is 3.62. The molecule has 0 N–H and O–H groups in total. The van der Waals surface area contributed by atoms with Gasteiger partial charge in [0.05, 0.1) is 5.52 Å². The molecule has 0 bridgehead atoms. The molecule has 0 saturated heterocycles. The number of hydrogen-bond acceptors (Lipinski definition) is 2. The van der Waals surface area contributed by atoms with Gasteiger partial charge in [0.15, 0.2) is 0 Å². The topological polar surface area (TPSA) is 12.9 Å². The SMILES string of the molecule is CSc1cc(C)nc2ccc(C)cc12. The fraction of sp³-hybridized carbons (Fsp3) is 0.250. The molecule has 0 aliphatic rings. The molecule has 1 heterocycles. The number of thioether (sulfide) groups is 1. The van der Waals surface area contributed by atoms with Crippen molar-refractivity contribution in [1.29, 1.82) is 0 Å². The highest BCUT2D eigenvalue weighted by Gasteiger charge is 2.02. The molecular weight excluding hydrogens is 190 g/mol. The van der Waals surface area contributed by atoms with E-state index in [2.05, 4.69) is 42.4 Å². The molecule has 1 aromatic carbocycles. The Labute approximate surface area is 88.6 Å². The largest absolute Gasteiger partial charge is 0.253 e. The van der Waals surface area contributed by atoms with Gasteiger partial charge < -0.3 is 0 Å². The second-order valence-electron chi connectivity index (χ2n) is 3.49. The smallest absolute Gasteiger partial charge is 0.0716 e. The Balaban J connectivity index is 2.81. The maximum Gasteiger partial charge on any atom is 0.0716 e. The summed E-state index contributed by atoms with van der Waals surface area (Å²) in [6, 6.07) is 8.55. The minimum Gasteiger partial charge on any atom is -0.253 e. The van der Waals surface area contributed by atoms with E-state index >= 15 is 0 Å². The van der Waals surface area contributed by atoms with Gasteiger partial charge in [-0.25, -0.2) is 0 Å². The van der Waals surface area contributed by atoms with Gasteiger partial charge in [-0.3, -0.25) is 4.98 Å². The molecule has 0 saturated carbocycles. The quantitative estimate of drug-likeness (QED) is 0.657. The molecule has 0 unspecified atom stereocenters. The average Bonchev–Trinajstić information content (AvgIpc) is 2.17. The maximum absolute atomic E-state index is 4.51. The Morgan fingerprint density at radius 1 is 1.14 bits per heavy atom. The van der Waals surface area contributed by atoms with E-state index in [0.29, 0.717) is 0 Å². The standard InChI is InChI=1S/C12H13NS/c1-8-4-5-11-10(6-8)12(14-3)7-9(2)13-11/h4-7H,1-3H3. The Kier molecular flexibility index (Phi) is 2.46. The number of benzene rings is 1. The molecule has 0 aliphatic carbocycles. The number of aromatic nitrogens is 1. The van der Waals surface area contributed by atoms with Crippen LogP contribution in [0.2, 0.25) is 0 Å². The summed E-state index contributed by atoms with van der Waals surface area (Å²) in [6.45, 7) is 4.16. The molecule has 0 atom stereocenters. The van der Waals surface area contributed by atoms with E-state index in [1.807, 2.05) is 6.92 Å². The van der Waals surface area contributed by atoms with Crippen LogP contribution in [0.3, 0.4) is 0 Å². The molecule has 14 heavy (non-hydrogen) atoms. The lowest BCUT2D eigenvalue weighted by Crippen LogP contribution is -1.87. The molecule has 0 fully saturated rings. The van der Waals surface area contributed by atoms with Crippen molar-refractivity contribution in [3.63, 3.8) is 0 Å². The molecule has 72 valence electrons. The third-order valence-electron chi connectivity index (χ3n) is 2.27. The van der Waals surface area contributed by atoms with E-state index in [-0.39, 0.29) is 0 Å². The second-order valence-corrected chi connectivity index (χ2v) is 4.33. The van der Waals surface area contributed by atoms with Crippen LogP contribution in [0.15, 0.2) is 29.2 Å². The fourth-order valence-corrected chi connectivity index (χ4v) is 2.28. The fourth-order valence-electron chi connectivity index (χ4n) is 1.60. The first-order valence-electron chi connectivity index (χ1n) is 4.62. The van der Waals surface area contributed by atoms with Gasteiger partial charge in [0.25, 0.3) is 0 Å². The molecule has 0 amide bonds. The van der Waals surface area contributed by atoms with E-state index in [1.54, 1.807) is 11.8 Å². The van der Waals surface area contributed by atoms with Crippen molar-refractivity contribution in [3.8, 4) is 0 Å². The zero-order chi connectivity index (χ0) is 10.1. The van der Waals surface area contributed by atoms with Crippen LogP contribution in [0.4, 0.5) is 0 Å². The van der Waals surface area contributed by atoms with Gasteiger partial charge in [0.2, 0.25) is 0 Å². The molecule has 0 aliphatic heterocycles. The van der Waals surface area contributed by atoms with Gasteiger partial charge in [-0.15, -0.1) is 11.8 Å². The van der Waals surface area contributed by atoms with Gasteiger partial charge in [-0.05, 0) is 38.3 Å². The summed E-state index contributed by atoms with van der Waals surface area (Å²) < 4.78 is 0. The first-order chi connectivity index (χ1) is 6.70. The molecule has 2 heteroatoms. The Morgan fingerprint density at radius 3 is 2.64 bits per heavy atom. The van der Waals surface area contributed by atoms with Crippen molar-refractivity contribution in [2.45, 2.75) is 18.7 Å². The average molecular weight is 203 g/mol. The summed E-state index contributed by atoms with van der Waals surface area (Å²) >= 11 is 1.78. The van der Waals surface area contributed by atoms with E-state index < -0.39 is 0 Å². The summed E-state index contributed by atoms with van der Waals surface area (Å²) in [5, 5.41) is 1.27. The lowest BCUT2D eigenvalue weighted by molar-refractivity contribution is 1.22. The van der Waals surface area contributed by atoms with Crippen LogP contribution in [-0.2, 0) is 0 Å². The van der Waals surface area contributed by atoms with Crippen LogP contribution < -0.4 is 0 Å². The van der Waals surface area contributed by atoms with E-state index in [4.69, 9.17) is 0 Å². The molecule has 1 aromatic heterocycles. The number of pyridine rings is 1. The summed E-state index contributed by atoms with van der Waals surface area (Å²) in [5.41, 5.74) is 3.48. The predicted octanol–water partition coefficient (Wildman–Crippen LogP) is 3.57. The third-order valence-corrected chi connectivity index (χ3v) is 3.05. The van der Waals surface area contributed by atoms with Gasteiger partial charge in [-0.1, -0.05) is 11.6 Å². The normalized spacial score (nSPS) is 10.8. The molecular formula is C12H13NS. The van der Waals surface area contributed by atoms with Crippen LogP contribution in [-0.4, -0.2) is 11.2 Å². The molecule has 0 spiro atoms. The van der Waals surface area contributed by atoms with Gasteiger partial charge >= 0.3 is 0 Å². The third kappa shape index (κ3) is 1.62. The summed E-state index contributed by atoms with van der Waals surface area (Å²) in [4.78, 5) is 5.83. The van der Waals surface area contributed by atoms with Gasteiger partial charge in [-0.2, -0.15) is 0 Å². The number of aryl methyl sites for hydroxylation is 2. The Morgan fingerprint density at radius 2 is 1.93 bits per heavy atom. The lowest BCUT2D eigenvalue weighted by Gasteiger charge is -2.05. The Bertz CT molecular complexity index is 477. The highest BCUT2D eigenvalue weighted by molar-refractivity contribution is 7.98. The molecule has 2 aromatic rings. The van der Waals surface area contributed by atoms with Crippen molar-refractivity contribution in [2.24, 2.45) is 0 Å². The molecule has 0 radical (unpaired) electrons. The van der Waals surface area contributed by atoms with Crippen molar-refractivity contribution >= 4 is 22.7 Å². The van der Waals surface area contributed by atoms with Gasteiger partial charge in [0, 0.05) is 16.0 Å². The minimum absolute atomic E-state index is 1.09. The highest BCUT2D eigenvalue weighted by atomic mass is 32.2. The first kappa shape index (κ1) is 9.53. The number of rotatable bonds is 1. The molecule has 1 nitrogen and oxygen atoms in total. The summed E-state index contributed by atoms with van der Waals surface area (Å²) in [6.07, 6.45) is 2.11. The predicted molar refractivity (Wildman–Crippen MR) is 63.0 cm³/mol. The summed E-state index contributed by atoms with van der Waals surface area (Å²) in [7, 11) is 0. The van der Waals surface area contributed by atoms with Crippen LogP contribution in [0.1, 0.15) is 11.3 Å². The highest BCUT2D eigenvalue weighted by Crippen LogP contribution is 2.26. The van der Waals surface area contributed by atoms with Crippen LogP contribution in [0.25, 0.3) is 10.9 Å². The van der Waals surface area contributed by atoms with Crippen molar-refractivity contribution in [1.82, 2.24) is 4.98 Å². The van der Waals surface area contributed by atoms with E-state index in [0.717, 1.165) is 11.2 Å². The summed E-state index contributed by atoms with van der Waals surface area (Å²) in [5.74, 6) is 0. The zero-order valence-corrected chi connectivity index (χ0v) is 9.48. The first-order valence-corrected chi connectivity index (χ1v) is 5.85. The van der Waals surface area contributed by atoms with E-state index in [1.165, 1.54) is 15.8 Å². The van der Waals surface area contributed by atoms with Crippen LogP contribution in [0, 0.1) is 13.8 Å². The van der Waals surface area contributed by atoms with Crippen LogP contribution in [0.5, 0.6) is 0 Å². The van der Waals surface area contributed by atoms with E-state index in [9.17, 15) is 0 Å². The van der Waals surface area contributed by atoms with Crippen molar-refractivity contribution < 1.29 is 0 Å². The maximum atomic E-state index is 4.51. The number of fused-ring (bicyclic) bond motifs is 1. The van der Waals surface area contributed by atoms with Crippen molar-refractivity contribution in [2.75, 3.05) is 6.26 Å². The Hall–Kier alpha value is -1.02. The minimum atomic E-state index is 1.09. The molecule has 2 rings (SSSR count).